The number of amides is 3. The largest absolute Gasteiger partial charge is 0.438 e. The lowest BCUT2D eigenvalue weighted by Gasteiger charge is -2.24. The monoisotopic (exact) mass is 572 g/mol. The molecule has 0 spiro atoms. The summed E-state index contributed by atoms with van der Waals surface area (Å²) in [5.74, 6) is -1.68. The van der Waals surface area contributed by atoms with Crippen LogP contribution in [0.2, 0.25) is 5.02 Å². The molecule has 3 aromatic carbocycles. The molecule has 0 unspecified atom stereocenters. The van der Waals surface area contributed by atoms with E-state index in [4.69, 9.17) is 16.3 Å². The Labute approximate surface area is 241 Å². The molecule has 10 heteroatoms. The molecule has 1 fully saturated rings. The van der Waals surface area contributed by atoms with Crippen LogP contribution in [0.1, 0.15) is 33.3 Å². The van der Waals surface area contributed by atoms with E-state index in [1.807, 2.05) is 18.2 Å². The van der Waals surface area contributed by atoms with Gasteiger partial charge in [0.2, 0.25) is 5.91 Å². The van der Waals surface area contributed by atoms with Crippen molar-refractivity contribution in [1.29, 1.82) is 0 Å². The summed E-state index contributed by atoms with van der Waals surface area (Å²) in [6.07, 6.45) is 0.550. The third-order valence-electron chi connectivity index (χ3n) is 6.59. The summed E-state index contributed by atoms with van der Waals surface area (Å²) in [5, 5.41) is 6.08. The highest BCUT2D eigenvalue weighted by Crippen LogP contribution is 2.35. The first-order valence-electron chi connectivity index (χ1n) is 12.9. The van der Waals surface area contributed by atoms with E-state index < -0.39 is 35.9 Å². The maximum atomic E-state index is 14.1. The zero-order valence-electron chi connectivity index (χ0n) is 21.8. The Balaban J connectivity index is 1.39. The van der Waals surface area contributed by atoms with Gasteiger partial charge in [0.05, 0.1) is 12.1 Å². The predicted molar refractivity (Wildman–Crippen MR) is 152 cm³/mol. The van der Waals surface area contributed by atoms with E-state index in [1.165, 1.54) is 23.1 Å². The number of carbonyl (C=O) groups is 3. The maximum Gasteiger partial charge on any atom is 0.411 e. The van der Waals surface area contributed by atoms with E-state index in [-0.39, 0.29) is 12.1 Å². The van der Waals surface area contributed by atoms with Crippen LogP contribution < -0.4 is 10.6 Å². The maximum absolute atomic E-state index is 14.1. The third-order valence-corrected chi connectivity index (χ3v) is 6.83. The Kier molecular flexibility index (Phi) is 8.55. The molecule has 0 bridgehead atoms. The molecule has 2 N–H and O–H groups in total. The van der Waals surface area contributed by atoms with Gasteiger partial charge in [0.25, 0.3) is 5.91 Å². The summed E-state index contributed by atoms with van der Waals surface area (Å²) in [6.45, 7) is 0.398. The number of cyclic esters (lactones) is 1. The van der Waals surface area contributed by atoms with Gasteiger partial charge in [-0.1, -0.05) is 54.1 Å². The highest BCUT2D eigenvalue weighted by atomic mass is 35.5. The van der Waals surface area contributed by atoms with Crippen LogP contribution >= 0.6 is 11.6 Å². The van der Waals surface area contributed by atoms with Gasteiger partial charge in [0.1, 0.15) is 5.82 Å². The average molecular weight is 573 g/mol. The summed E-state index contributed by atoms with van der Waals surface area (Å²) >= 11 is 6.15. The molecule has 1 aliphatic rings. The Morgan fingerprint density at radius 3 is 2.56 bits per heavy atom. The number of benzene rings is 3. The van der Waals surface area contributed by atoms with Gasteiger partial charge >= 0.3 is 6.09 Å². The zero-order valence-corrected chi connectivity index (χ0v) is 22.6. The summed E-state index contributed by atoms with van der Waals surface area (Å²) in [4.78, 5) is 45.0. The van der Waals surface area contributed by atoms with Gasteiger partial charge in [-0.05, 0) is 59.7 Å². The van der Waals surface area contributed by atoms with E-state index in [1.54, 1.807) is 60.8 Å². The molecule has 1 aliphatic heterocycles. The summed E-state index contributed by atoms with van der Waals surface area (Å²) in [5.41, 5.74) is 2.28. The summed E-state index contributed by atoms with van der Waals surface area (Å²) in [6, 6.07) is 23.8. The van der Waals surface area contributed by atoms with E-state index in [0.29, 0.717) is 29.2 Å². The van der Waals surface area contributed by atoms with Crippen LogP contribution in [0.3, 0.4) is 0 Å². The van der Waals surface area contributed by atoms with Crippen LogP contribution in [0.4, 0.5) is 14.9 Å². The molecular formula is C31H26ClFN4O4. The van der Waals surface area contributed by atoms with Gasteiger partial charge in [-0.15, -0.1) is 0 Å². The number of aromatic nitrogens is 1. The highest BCUT2D eigenvalue weighted by Gasteiger charge is 2.47. The van der Waals surface area contributed by atoms with E-state index in [2.05, 4.69) is 15.6 Å². The number of ether oxygens (including phenoxy) is 1. The molecule has 4 aromatic rings. The molecule has 208 valence electrons. The van der Waals surface area contributed by atoms with Crippen molar-refractivity contribution in [2.24, 2.45) is 0 Å². The topological polar surface area (TPSA) is 101 Å². The predicted octanol–water partition coefficient (Wildman–Crippen LogP) is 5.55. The number of hydrogen-bond donors (Lipinski definition) is 2. The number of hydrogen-bond acceptors (Lipinski definition) is 5. The van der Waals surface area contributed by atoms with Crippen LogP contribution in [-0.4, -0.2) is 40.4 Å². The Morgan fingerprint density at radius 2 is 1.78 bits per heavy atom. The first-order valence-corrected chi connectivity index (χ1v) is 13.3. The summed E-state index contributed by atoms with van der Waals surface area (Å²) in [7, 11) is 0. The first kappa shape index (κ1) is 27.8. The van der Waals surface area contributed by atoms with Crippen molar-refractivity contribution in [3.8, 4) is 0 Å². The van der Waals surface area contributed by atoms with Crippen LogP contribution in [-0.2, 0) is 22.5 Å². The molecule has 1 aromatic heterocycles. The number of rotatable bonds is 9. The van der Waals surface area contributed by atoms with Gasteiger partial charge < -0.3 is 15.4 Å². The van der Waals surface area contributed by atoms with Crippen LogP contribution in [0.25, 0.3) is 0 Å². The second kappa shape index (κ2) is 12.6. The van der Waals surface area contributed by atoms with Gasteiger partial charge in [0, 0.05) is 35.6 Å². The standard InChI is InChI=1S/C31H26ClFN4O4/c32-22-9-5-7-20(17-22)19-37-27(30(39)35-16-14-23-10-3-4-15-34-23)28(41-31(37)40)21-8-6-11-24(18-21)36-29(38)25-12-1-2-13-26(25)33/h1-13,15,17-18,27-28H,14,16,19H2,(H,35,39)(H,36,38)/t27-,28-/m1/s1. The van der Waals surface area contributed by atoms with Crippen molar-refractivity contribution in [2.75, 3.05) is 11.9 Å². The first-order chi connectivity index (χ1) is 19.9. The van der Waals surface area contributed by atoms with Crippen LogP contribution in [0.5, 0.6) is 0 Å². The number of anilines is 1. The van der Waals surface area contributed by atoms with Gasteiger partial charge in [0.15, 0.2) is 12.1 Å². The molecule has 41 heavy (non-hydrogen) atoms. The molecule has 8 nitrogen and oxygen atoms in total. The van der Waals surface area contributed by atoms with E-state index in [0.717, 1.165) is 11.3 Å². The third kappa shape index (κ3) is 6.70. The van der Waals surface area contributed by atoms with Crippen molar-refractivity contribution in [3.63, 3.8) is 0 Å². The minimum absolute atomic E-state index is 0.0952. The minimum Gasteiger partial charge on any atom is -0.438 e. The molecular weight excluding hydrogens is 547 g/mol. The lowest BCUT2D eigenvalue weighted by Crippen LogP contribution is -2.46. The Morgan fingerprint density at radius 1 is 0.976 bits per heavy atom. The molecule has 2 atom stereocenters. The van der Waals surface area contributed by atoms with E-state index >= 15 is 0 Å². The van der Waals surface area contributed by atoms with Crippen molar-refractivity contribution in [2.45, 2.75) is 25.1 Å². The fourth-order valence-corrected chi connectivity index (χ4v) is 4.86. The molecule has 0 aliphatic carbocycles. The lowest BCUT2D eigenvalue weighted by molar-refractivity contribution is -0.126. The van der Waals surface area contributed by atoms with Crippen LogP contribution in [0.15, 0.2) is 97.2 Å². The fraction of sp³-hybridized carbons (Fsp3) is 0.161. The normalized spacial score (nSPS) is 16.2. The minimum atomic E-state index is -1.01. The van der Waals surface area contributed by atoms with Gasteiger partial charge in [-0.2, -0.15) is 0 Å². The van der Waals surface area contributed by atoms with Crippen molar-refractivity contribution < 1.29 is 23.5 Å². The quantitative estimate of drug-likeness (QED) is 0.274. The number of carbonyl (C=O) groups excluding carboxylic acids is 3. The fourth-order valence-electron chi connectivity index (χ4n) is 4.64. The molecule has 3 amide bonds. The molecule has 5 rings (SSSR count). The van der Waals surface area contributed by atoms with Crippen molar-refractivity contribution in [3.05, 3.63) is 130 Å². The average Bonchev–Trinajstić information content (AvgIpc) is 3.29. The van der Waals surface area contributed by atoms with Crippen LogP contribution in [0, 0.1) is 5.82 Å². The Hall–Kier alpha value is -4.76. The smallest absolute Gasteiger partial charge is 0.411 e. The number of pyridine rings is 1. The molecule has 2 heterocycles. The SMILES string of the molecule is O=C(Nc1cccc([C@H]2OC(=O)N(Cc3cccc(Cl)c3)[C@H]2C(=O)NCCc2ccccn2)c1)c1ccccc1F. The zero-order chi connectivity index (χ0) is 28.8. The molecule has 0 radical (unpaired) electrons. The highest BCUT2D eigenvalue weighted by molar-refractivity contribution is 6.30. The van der Waals surface area contributed by atoms with Crippen molar-refractivity contribution >= 4 is 35.2 Å². The van der Waals surface area contributed by atoms with Gasteiger partial charge in [-0.3, -0.25) is 19.5 Å². The molecule has 1 saturated heterocycles. The van der Waals surface area contributed by atoms with Gasteiger partial charge in [-0.25, -0.2) is 9.18 Å². The molecule has 0 saturated carbocycles. The number of nitrogens with one attached hydrogen (secondary N) is 2. The second-order valence-corrected chi connectivity index (χ2v) is 9.86. The second-order valence-electron chi connectivity index (χ2n) is 9.43. The number of nitrogens with zero attached hydrogens (tertiary/aromatic N) is 2. The number of halogens is 2. The summed E-state index contributed by atoms with van der Waals surface area (Å²) < 4.78 is 19.9. The Bertz CT molecular complexity index is 1570. The van der Waals surface area contributed by atoms with E-state index in [9.17, 15) is 18.8 Å². The van der Waals surface area contributed by atoms with Crippen molar-refractivity contribution in [1.82, 2.24) is 15.2 Å². The lowest BCUT2D eigenvalue weighted by atomic mass is 10.00.